The second-order valence-corrected chi connectivity index (χ2v) is 8.59. The summed E-state index contributed by atoms with van der Waals surface area (Å²) >= 11 is 2.25. The molecule has 29 heavy (non-hydrogen) atoms. The van der Waals surface area contributed by atoms with Crippen LogP contribution in [-0.4, -0.2) is 35.6 Å². The minimum absolute atomic E-state index is 0.0568. The number of carbonyl (C=O) groups excluding carboxylic acids is 2. The fourth-order valence-electron chi connectivity index (χ4n) is 3.27. The van der Waals surface area contributed by atoms with Crippen LogP contribution in [0.1, 0.15) is 35.3 Å². The van der Waals surface area contributed by atoms with Crippen LogP contribution in [0.2, 0.25) is 0 Å². The Morgan fingerprint density at radius 3 is 2.79 bits per heavy atom. The van der Waals surface area contributed by atoms with E-state index in [1.165, 1.54) is 4.90 Å². The van der Waals surface area contributed by atoms with Gasteiger partial charge < -0.3 is 25.5 Å². The predicted octanol–water partition coefficient (Wildman–Crippen LogP) is 4.69. The van der Waals surface area contributed by atoms with E-state index >= 15 is 0 Å². The summed E-state index contributed by atoms with van der Waals surface area (Å²) in [5, 5.41) is 14.6. The lowest BCUT2D eigenvalue weighted by Crippen LogP contribution is -2.31. The van der Waals surface area contributed by atoms with Gasteiger partial charge in [0.25, 0.3) is 5.91 Å². The smallest absolute Gasteiger partial charge is 0.325 e. The molecule has 1 heterocycles. The van der Waals surface area contributed by atoms with Gasteiger partial charge in [-0.25, -0.2) is 0 Å². The maximum Gasteiger partial charge on any atom is 0.325 e. The molecule has 0 fully saturated rings. The van der Waals surface area contributed by atoms with Crippen molar-refractivity contribution in [3.63, 3.8) is 0 Å². The normalized spacial score (nSPS) is 12.9. The lowest BCUT2D eigenvalue weighted by molar-refractivity contribution is -0.143. The van der Waals surface area contributed by atoms with E-state index in [2.05, 4.69) is 32.4 Å². The van der Waals surface area contributed by atoms with Crippen LogP contribution < -0.4 is 10.4 Å². The zero-order valence-corrected chi connectivity index (χ0v) is 19.3. The van der Waals surface area contributed by atoms with Crippen LogP contribution in [0.15, 0.2) is 36.4 Å². The Balaban J connectivity index is 1.86. The number of rotatable bonds is 8. The number of halogens is 1. The Bertz CT molecular complexity index is 967. The fourth-order valence-corrected chi connectivity index (χ4v) is 4.45. The van der Waals surface area contributed by atoms with Crippen molar-refractivity contribution in [2.75, 3.05) is 23.6 Å². The van der Waals surface area contributed by atoms with Gasteiger partial charge in [-0.3, -0.25) is 9.59 Å². The maximum absolute atomic E-state index is 12.9. The first-order valence-corrected chi connectivity index (χ1v) is 13.2. The van der Waals surface area contributed by atoms with Crippen molar-refractivity contribution >= 4 is 63.1 Å². The number of amides is 1. The molecule has 1 atom stereocenters. The van der Waals surface area contributed by atoms with Crippen molar-refractivity contribution in [2.24, 2.45) is 0 Å². The first-order valence-electron chi connectivity index (χ1n) is 9.09. The van der Waals surface area contributed by atoms with Crippen molar-refractivity contribution in [1.82, 2.24) is 4.90 Å². The van der Waals surface area contributed by atoms with Crippen molar-refractivity contribution in [3.05, 3.63) is 53.1 Å². The van der Waals surface area contributed by atoms with E-state index in [9.17, 15) is 9.59 Å². The van der Waals surface area contributed by atoms with E-state index in [0.29, 0.717) is 36.5 Å². The predicted molar refractivity (Wildman–Crippen MR) is 126 cm³/mol. The highest BCUT2D eigenvalue weighted by Crippen LogP contribution is 2.34. The van der Waals surface area contributed by atoms with Crippen molar-refractivity contribution < 1.29 is 14.3 Å². The van der Waals surface area contributed by atoms with Crippen molar-refractivity contribution in [2.45, 2.75) is 20.4 Å². The molecule has 152 valence electrons. The van der Waals surface area contributed by atoms with Crippen LogP contribution in [0.25, 0.3) is 0 Å². The third-order valence-corrected chi connectivity index (χ3v) is 5.70. The number of esters is 1. The Morgan fingerprint density at radius 2 is 2.10 bits per heavy atom. The van der Waals surface area contributed by atoms with E-state index in [1.54, 1.807) is 13.8 Å². The molecule has 0 radical (unpaired) electrons. The minimum atomic E-state index is -0.406. The topological polar surface area (TPSA) is 94.5 Å². The molecule has 2 aromatic rings. The van der Waals surface area contributed by atoms with Gasteiger partial charge in [0.1, 0.15) is 6.54 Å². The maximum atomic E-state index is 12.9. The molecule has 3 N–H and O–H groups in total. The molecule has 7 nitrogen and oxygen atoms in total. The van der Waals surface area contributed by atoms with Crippen LogP contribution >= 0.6 is 28.4 Å². The van der Waals surface area contributed by atoms with Crippen molar-refractivity contribution in [1.29, 1.82) is 5.41 Å². The van der Waals surface area contributed by atoms with Gasteiger partial charge in [0, 0.05) is 35.6 Å². The summed E-state index contributed by atoms with van der Waals surface area (Å²) in [6, 6.07) is 11.4. The summed E-state index contributed by atoms with van der Waals surface area (Å²) in [4.78, 5) is 26.2. The van der Waals surface area contributed by atoms with Gasteiger partial charge >= 0.3 is 5.97 Å². The summed E-state index contributed by atoms with van der Waals surface area (Å²) < 4.78 is 4.97. The Hall–Kier alpha value is -2.19. The molecular formula is C20H22IN4O3P. The number of carbonyl (C=O) groups is 2. The second kappa shape index (κ2) is 9.54. The molecule has 1 aliphatic rings. The summed E-state index contributed by atoms with van der Waals surface area (Å²) in [5.41, 5.74) is 5.17. The molecule has 0 aromatic heterocycles. The van der Waals surface area contributed by atoms with E-state index < -0.39 is 5.97 Å². The van der Waals surface area contributed by atoms with Crippen LogP contribution in [0.4, 0.5) is 17.1 Å². The Labute approximate surface area is 184 Å². The monoisotopic (exact) mass is 524 g/mol. The molecule has 2 aromatic carbocycles. The van der Waals surface area contributed by atoms with E-state index in [1.807, 2.05) is 36.4 Å². The molecule has 9 heteroatoms. The molecule has 0 saturated heterocycles. The Kier molecular flexibility index (Phi) is 7.08. The number of anilines is 3. The van der Waals surface area contributed by atoms with Crippen LogP contribution in [0.3, 0.4) is 0 Å². The third kappa shape index (κ3) is 4.87. The lowest BCUT2D eigenvalue weighted by Gasteiger charge is -2.15. The van der Waals surface area contributed by atoms with Crippen LogP contribution in [0, 0.1) is 5.41 Å². The van der Waals surface area contributed by atoms with E-state index in [-0.39, 0.29) is 12.5 Å². The Morgan fingerprint density at radius 1 is 1.31 bits per heavy atom. The summed E-state index contributed by atoms with van der Waals surface area (Å²) in [6.45, 7) is 4.12. The molecule has 0 aliphatic carbocycles. The SMILES string of the molecule is CCOC(=O)CN1Cc2cccc(Nc3ccc(C(C)=N)c(NPI)c3)c2C1=O. The number of hydrogen-bond acceptors (Lipinski definition) is 6. The van der Waals surface area contributed by atoms with Gasteiger partial charge in [-0.2, -0.15) is 0 Å². The average molecular weight is 524 g/mol. The number of ether oxygens (including phenoxy) is 1. The fraction of sp³-hybridized carbons (Fsp3) is 0.250. The number of hydrogen-bond donors (Lipinski definition) is 3. The zero-order chi connectivity index (χ0) is 21.0. The highest BCUT2D eigenvalue weighted by atomic mass is 127. The highest BCUT2D eigenvalue weighted by Gasteiger charge is 2.31. The van der Waals surface area contributed by atoms with Gasteiger partial charge in [0.15, 0.2) is 0 Å². The summed E-state index contributed by atoms with van der Waals surface area (Å²) in [6.07, 6.45) is 0.475. The standard InChI is InChI=1S/C20H22IN4O3P/c1-3-28-18(26)11-25-10-13-5-4-6-16(19(13)20(25)27)23-14-7-8-15(12(2)22)17(9-14)24-29-21/h4-9,22-24,29H,3,10-11H2,1-2H3. The van der Waals surface area contributed by atoms with Crippen molar-refractivity contribution in [3.8, 4) is 0 Å². The largest absolute Gasteiger partial charge is 0.465 e. The average Bonchev–Trinajstić information content (AvgIpc) is 2.98. The second-order valence-electron chi connectivity index (χ2n) is 6.54. The minimum Gasteiger partial charge on any atom is -0.465 e. The first-order chi connectivity index (χ1) is 13.9. The molecule has 1 aliphatic heterocycles. The number of nitrogens with zero attached hydrogens (tertiary/aromatic N) is 1. The number of fused-ring (bicyclic) bond motifs is 1. The molecule has 0 spiro atoms. The summed E-state index contributed by atoms with van der Waals surface area (Å²) in [7, 11) is 0. The molecular weight excluding hydrogens is 502 g/mol. The van der Waals surface area contributed by atoms with Gasteiger partial charge in [-0.15, -0.1) is 0 Å². The zero-order valence-electron chi connectivity index (χ0n) is 16.1. The van der Waals surface area contributed by atoms with E-state index in [4.69, 9.17) is 10.1 Å². The van der Waals surface area contributed by atoms with Gasteiger partial charge in [0.05, 0.1) is 17.9 Å². The molecule has 1 amide bonds. The quantitative estimate of drug-likeness (QED) is 0.202. The first kappa shape index (κ1) is 21.5. The molecule has 1 unspecified atom stereocenters. The van der Waals surface area contributed by atoms with Gasteiger partial charge in [-0.1, -0.05) is 12.1 Å². The highest BCUT2D eigenvalue weighted by molar-refractivity contribution is 14.2. The third-order valence-electron chi connectivity index (χ3n) is 4.52. The summed E-state index contributed by atoms with van der Waals surface area (Å²) in [5.74, 6) is -0.591. The van der Waals surface area contributed by atoms with Crippen LogP contribution in [-0.2, 0) is 16.1 Å². The molecule has 0 saturated carbocycles. The lowest BCUT2D eigenvalue weighted by atomic mass is 10.1. The van der Waals surface area contributed by atoms with Gasteiger partial charge in [-0.05, 0) is 65.7 Å². The number of benzene rings is 2. The number of nitrogens with one attached hydrogen (secondary N) is 3. The van der Waals surface area contributed by atoms with Gasteiger partial charge in [0.2, 0.25) is 0 Å². The van der Waals surface area contributed by atoms with E-state index in [0.717, 1.165) is 22.5 Å². The molecule has 3 rings (SSSR count). The molecule has 0 bridgehead atoms. The van der Waals surface area contributed by atoms with Crippen LogP contribution in [0.5, 0.6) is 0 Å².